The lowest BCUT2D eigenvalue weighted by Crippen LogP contribution is -2.40. The van der Waals surface area contributed by atoms with E-state index in [-0.39, 0.29) is 11.9 Å². The van der Waals surface area contributed by atoms with Crippen LogP contribution in [0.3, 0.4) is 0 Å². The molecule has 4 rings (SSSR count). The van der Waals surface area contributed by atoms with Crippen molar-refractivity contribution in [1.82, 2.24) is 9.88 Å². The third-order valence-corrected chi connectivity index (χ3v) is 5.40. The van der Waals surface area contributed by atoms with Gasteiger partial charge in [0.1, 0.15) is 5.82 Å². The lowest BCUT2D eigenvalue weighted by atomic mass is 10.1. The summed E-state index contributed by atoms with van der Waals surface area (Å²) in [6, 6.07) is 7.80. The molecule has 7 heteroatoms. The van der Waals surface area contributed by atoms with Crippen molar-refractivity contribution in [1.29, 1.82) is 0 Å². The Morgan fingerprint density at radius 1 is 1.23 bits per heavy atom. The summed E-state index contributed by atoms with van der Waals surface area (Å²) in [6.07, 6.45) is 3.52. The highest BCUT2D eigenvalue weighted by molar-refractivity contribution is 6.33. The van der Waals surface area contributed by atoms with Crippen molar-refractivity contribution >= 4 is 34.9 Å². The van der Waals surface area contributed by atoms with E-state index in [9.17, 15) is 4.79 Å². The third kappa shape index (κ3) is 3.52. The molecule has 2 aliphatic rings. The Labute approximate surface area is 162 Å². The summed E-state index contributed by atoms with van der Waals surface area (Å²) in [7, 11) is 0. The molecule has 1 aromatic heterocycles. The Bertz CT molecular complexity index is 838. The standard InChI is InChI=1S/C19H19Cl2N3O2/c20-14-2-3-15-12(9-14)1-4-17(15)23-18-16(21)10-13(11-22-18)19(25)24-5-7-26-8-6-24/h2-3,9-11,17H,1,4-8H2,(H,22,23). The van der Waals surface area contributed by atoms with Gasteiger partial charge in [-0.3, -0.25) is 4.79 Å². The van der Waals surface area contributed by atoms with Gasteiger partial charge in [-0.1, -0.05) is 29.3 Å². The topological polar surface area (TPSA) is 54.5 Å². The van der Waals surface area contributed by atoms with E-state index >= 15 is 0 Å². The second-order valence-corrected chi connectivity index (χ2v) is 7.38. The average molecular weight is 392 g/mol. The minimum absolute atomic E-state index is 0.0601. The number of pyridine rings is 1. The summed E-state index contributed by atoms with van der Waals surface area (Å²) in [5, 5.41) is 4.61. The molecule has 1 aliphatic carbocycles. The van der Waals surface area contributed by atoms with Crippen LogP contribution >= 0.6 is 23.2 Å². The Morgan fingerprint density at radius 3 is 2.81 bits per heavy atom. The number of ether oxygens (including phenoxy) is 1. The molecular formula is C19H19Cl2N3O2. The lowest BCUT2D eigenvalue weighted by Gasteiger charge is -2.27. The fourth-order valence-corrected chi connectivity index (χ4v) is 3.93. The number of hydrogen-bond acceptors (Lipinski definition) is 4. The predicted molar refractivity (Wildman–Crippen MR) is 102 cm³/mol. The molecule has 0 bridgehead atoms. The number of rotatable bonds is 3. The number of fused-ring (bicyclic) bond motifs is 1. The van der Waals surface area contributed by atoms with Crippen molar-refractivity contribution in [2.45, 2.75) is 18.9 Å². The molecule has 26 heavy (non-hydrogen) atoms. The molecule has 1 amide bonds. The molecule has 1 unspecified atom stereocenters. The molecule has 136 valence electrons. The van der Waals surface area contributed by atoms with E-state index in [1.165, 1.54) is 11.1 Å². The fourth-order valence-electron chi connectivity index (χ4n) is 3.51. The van der Waals surface area contributed by atoms with Crippen molar-refractivity contribution in [3.05, 3.63) is 57.2 Å². The highest BCUT2D eigenvalue weighted by Crippen LogP contribution is 2.36. The molecular weight excluding hydrogens is 373 g/mol. The van der Waals surface area contributed by atoms with Crippen LogP contribution in [0, 0.1) is 0 Å². The SMILES string of the molecule is O=C(c1cnc(NC2CCc3cc(Cl)ccc32)c(Cl)c1)N1CCOCC1. The normalized spacial score (nSPS) is 19.3. The van der Waals surface area contributed by atoms with Gasteiger partial charge in [0.05, 0.1) is 29.8 Å². The summed E-state index contributed by atoms with van der Waals surface area (Å²) < 4.78 is 5.29. The highest BCUT2D eigenvalue weighted by Gasteiger charge is 2.24. The first-order valence-electron chi connectivity index (χ1n) is 8.69. The van der Waals surface area contributed by atoms with Gasteiger partial charge in [-0.05, 0) is 42.2 Å². The van der Waals surface area contributed by atoms with Gasteiger partial charge in [0.25, 0.3) is 5.91 Å². The van der Waals surface area contributed by atoms with E-state index in [4.69, 9.17) is 27.9 Å². The molecule has 0 spiro atoms. The Kier molecular flexibility index (Phi) is 5.02. The number of morpholine rings is 1. The number of benzene rings is 1. The number of nitrogens with one attached hydrogen (secondary N) is 1. The quantitative estimate of drug-likeness (QED) is 0.859. The first kappa shape index (κ1) is 17.6. The molecule has 0 radical (unpaired) electrons. The first-order chi connectivity index (χ1) is 12.6. The maximum absolute atomic E-state index is 12.5. The van der Waals surface area contributed by atoms with E-state index in [2.05, 4.69) is 10.3 Å². The predicted octanol–water partition coefficient (Wildman–Crippen LogP) is 3.96. The van der Waals surface area contributed by atoms with Gasteiger partial charge in [0.2, 0.25) is 0 Å². The summed E-state index contributed by atoms with van der Waals surface area (Å²) in [6.45, 7) is 2.32. The molecule has 1 aliphatic heterocycles. The number of aromatic nitrogens is 1. The lowest BCUT2D eigenvalue weighted by molar-refractivity contribution is 0.0302. The van der Waals surface area contributed by atoms with E-state index in [0.717, 1.165) is 17.9 Å². The largest absolute Gasteiger partial charge is 0.378 e. The van der Waals surface area contributed by atoms with Crippen LogP contribution in [0.5, 0.6) is 0 Å². The number of hydrogen-bond donors (Lipinski definition) is 1. The molecule has 1 atom stereocenters. The Balaban J connectivity index is 1.50. The number of carbonyl (C=O) groups excluding carboxylic acids is 1. The van der Waals surface area contributed by atoms with E-state index in [0.29, 0.717) is 42.7 Å². The second kappa shape index (κ2) is 7.43. The molecule has 1 N–H and O–H groups in total. The van der Waals surface area contributed by atoms with Crippen LogP contribution in [0.25, 0.3) is 0 Å². The molecule has 1 saturated heterocycles. The number of amides is 1. The van der Waals surface area contributed by atoms with Crippen molar-refractivity contribution in [2.24, 2.45) is 0 Å². The molecule has 5 nitrogen and oxygen atoms in total. The van der Waals surface area contributed by atoms with Crippen molar-refractivity contribution in [3.63, 3.8) is 0 Å². The minimum Gasteiger partial charge on any atom is -0.378 e. The number of carbonyl (C=O) groups is 1. The van der Waals surface area contributed by atoms with Crippen LogP contribution in [0.15, 0.2) is 30.5 Å². The zero-order chi connectivity index (χ0) is 18.1. The molecule has 1 fully saturated rings. The van der Waals surface area contributed by atoms with E-state index in [1.54, 1.807) is 17.2 Å². The van der Waals surface area contributed by atoms with Crippen LogP contribution in [-0.2, 0) is 11.2 Å². The highest BCUT2D eigenvalue weighted by atomic mass is 35.5. The fraction of sp³-hybridized carbons (Fsp3) is 0.368. The van der Waals surface area contributed by atoms with Gasteiger partial charge in [0, 0.05) is 24.3 Å². The summed E-state index contributed by atoms with van der Waals surface area (Å²) >= 11 is 12.5. The smallest absolute Gasteiger partial charge is 0.255 e. The van der Waals surface area contributed by atoms with Gasteiger partial charge >= 0.3 is 0 Å². The summed E-state index contributed by atoms with van der Waals surface area (Å²) in [5.74, 6) is 0.535. The maximum Gasteiger partial charge on any atom is 0.255 e. The minimum atomic E-state index is -0.0601. The van der Waals surface area contributed by atoms with Gasteiger partial charge < -0.3 is 15.0 Å². The Morgan fingerprint density at radius 2 is 2.04 bits per heavy atom. The van der Waals surface area contributed by atoms with Crippen LogP contribution in [0.2, 0.25) is 10.0 Å². The molecule has 2 aromatic rings. The van der Waals surface area contributed by atoms with Crippen LogP contribution in [0.4, 0.5) is 5.82 Å². The van der Waals surface area contributed by atoms with Crippen LogP contribution < -0.4 is 5.32 Å². The van der Waals surface area contributed by atoms with Gasteiger partial charge in [-0.2, -0.15) is 0 Å². The summed E-state index contributed by atoms with van der Waals surface area (Å²) in [5.41, 5.74) is 2.98. The van der Waals surface area contributed by atoms with Crippen LogP contribution in [-0.4, -0.2) is 42.1 Å². The number of aryl methyl sites for hydroxylation is 1. The van der Waals surface area contributed by atoms with Gasteiger partial charge in [0.15, 0.2) is 0 Å². The third-order valence-electron chi connectivity index (χ3n) is 4.88. The zero-order valence-electron chi connectivity index (χ0n) is 14.2. The monoisotopic (exact) mass is 391 g/mol. The van der Waals surface area contributed by atoms with E-state index < -0.39 is 0 Å². The maximum atomic E-state index is 12.5. The zero-order valence-corrected chi connectivity index (χ0v) is 15.7. The molecule has 0 saturated carbocycles. The van der Waals surface area contributed by atoms with Crippen LogP contribution in [0.1, 0.15) is 33.9 Å². The Hall–Kier alpha value is -1.82. The van der Waals surface area contributed by atoms with E-state index in [1.807, 2.05) is 18.2 Å². The number of nitrogens with zero attached hydrogens (tertiary/aromatic N) is 2. The van der Waals surface area contributed by atoms with Crippen molar-refractivity contribution < 1.29 is 9.53 Å². The first-order valence-corrected chi connectivity index (χ1v) is 9.45. The molecule has 1 aromatic carbocycles. The number of anilines is 1. The second-order valence-electron chi connectivity index (χ2n) is 6.54. The average Bonchev–Trinajstić information content (AvgIpc) is 3.05. The van der Waals surface area contributed by atoms with Crippen molar-refractivity contribution in [2.75, 3.05) is 31.6 Å². The van der Waals surface area contributed by atoms with Crippen molar-refractivity contribution in [3.8, 4) is 0 Å². The summed E-state index contributed by atoms with van der Waals surface area (Å²) in [4.78, 5) is 18.7. The molecule has 2 heterocycles. The number of halogens is 2. The van der Waals surface area contributed by atoms with Gasteiger partial charge in [-0.25, -0.2) is 4.98 Å². The van der Waals surface area contributed by atoms with Gasteiger partial charge in [-0.15, -0.1) is 0 Å².